The molecule has 1 aliphatic rings. The largest absolute Gasteiger partial charge is 0.503 e. The van der Waals surface area contributed by atoms with Gasteiger partial charge in [-0.2, -0.15) is 0 Å². The van der Waals surface area contributed by atoms with Gasteiger partial charge >= 0.3 is 6.09 Å². The molecule has 1 aromatic heterocycles. The van der Waals surface area contributed by atoms with Gasteiger partial charge in [0, 0.05) is 49.5 Å². The van der Waals surface area contributed by atoms with E-state index in [1.54, 1.807) is 23.2 Å². The lowest BCUT2D eigenvalue weighted by Gasteiger charge is -2.34. The van der Waals surface area contributed by atoms with E-state index in [0.29, 0.717) is 54.5 Å². The summed E-state index contributed by atoms with van der Waals surface area (Å²) in [7, 11) is 0. The summed E-state index contributed by atoms with van der Waals surface area (Å²) in [5, 5.41) is 11.0. The first-order valence-electron chi connectivity index (χ1n) is 8.84. The molecule has 1 N–H and O–H groups in total. The first-order chi connectivity index (χ1) is 13.5. The Hall–Kier alpha value is -1.78. The number of amides is 1. The predicted octanol–water partition coefficient (Wildman–Crippen LogP) is 2.90. The lowest BCUT2D eigenvalue weighted by Crippen LogP contribution is -2.48. The zero-order valence-corrected chi connectivity index (χ0v) is 18.1. The first-order valence-corrected chi connectivity index (χ1v) is 10.7. The van der Waals surface area contributed by atoms with E-state index in [-0.39, 0.29) is 11.8 Å². The highest BCUT2D eigenvalue weighted by molar-refractivity contribution is 14.1. The average molecular weight is 518 g/mol. The summed E-state index contributed by atoms with van der Waals surface area (Å²) in [5.41, 5.74) is 0.943. The normalized spacial score (nSPS) is 14.9. The third-order valence-corrected chi connectivity index (χ3v) is 5.40. The van der Waals surface area contributed by atoms with Gasteiger partial charge in [0.1, 0.15) is 4.61 Å². The van der Waals surface area contributed by atoms with Crippen LogP contribution in [0.2, 0.25) is 5.02 Å². The van der Waals surface area contributed by atoms with E-state index in [2.05, 4.69) is 4.90 Å². The second kappa shape index (κ2) is 9.62. The van der Waals surface area contributed by atoms with Crippen molar-refractivity contribution in [3.05, 3.63) is 63.0 Å². The van der Waals surface area contributed by atoms with Crippen LogP contribution in [0, 0.1) is 0 Å². The summed E-state index contributed by atoms with van der Waals surface area (Å²) in [6.45, 7) is 3.16. The fraction of sp³-hybridized carbons (Fsp3) is 0.368. The minimum Gasteiger partial charge on any atom is -0.503 e. The van der Waals surface area contributed by atoms with Crippen molar-refractivity contribution in [1.82, 2.24) is 14.4 Å². The van der Waals surface area contributed by atoms with Crippen LogP contribution in [0.3, 0.4) is 0 Å². The van der Waals surface area contributed by atoms with Gasteiger partial charge in [0.15, 0.2) is 5.75 Å². The maximum absolute atomic E-state index is 12.5. The number of hydrogen-bond acceptors (Lipinski definition) is 5. The zero-order chi connectivity index (χ0) is 20.1. The molecular formula is C19H21ClIN3O4. The number of halogens is 2. The van der Waals surface area contributed by atoms with Gasteiger partial charge in [-0.25, -0.2) is 4.79 Å². The lowest BCUT2D eigenvalue weighted by molar-refractivity contribution is 0.0870. The van der Waals surface area contributed by atoms with Crippen molar-refractivity contribution in [2.75, 3.05) is 30.8 Å². The second-order valence-electron chi connectivity index (χ2n) is 6.50. The number of ether oxygens (including phenoxy) is 1. The fourth-order valence-electron chi connectivity index (χ4n) is 3.13. The quantitative estimate of drug-likeness (QED) is 0.488. The SMILES string of the molecule is O=C(OCI)N1CCN(Cc2ccn(Cc3ccccc3Cl)c(=O)c2O)CC1. The van der Waals surface area contributed by atoms with Gasteiger partial charge < -0.3 is 19.3 Å². The molecule has 28 heavy (non-hydrogen) atoms. The molecule has 0 unspecified atom stereocenters. The van der Waals surface area contributed by atoms with E-state index in [1.807, 2.05) is 40.8 Å². The number of aromatic nitrogens is 1. The molecule has 150 valence electrons. The number of aromatic hydroxyl groups is 1. The van der Waals surface area contributed by atoms with Crippen LogP contribution in [0.5, 0.6) is 5.75 Å². The summed E-state index contributed by atoms with van der Waals surface area (Å²) >= 11 is 8.15. The van der Waals surface area contributed by atoms with E-state index in [0.717, 1.165) is 5.56 Å². The molecule has 1 fully saturated rings. The smallest absolute Gasteiger partial charge is 0.410 e. The summed E-state index contributed by atoms with van der Waals surface area (Å²) in [6, 6.07) is 9.06. The van der Waals surface area contributed by atoms with Crippen LogP contribution in [0.25, 0.3) is 0 Å². The number of piperazine rings is 1. The number of hydrogen-bond donors (Lipinski definition) is 1. The Balaban J connectivity index is 1.65. The Bertz CT molecular complexity index is 897. The molecule has 0 radical (unpaired) electrons. The number of benzene rings is 1. The highest BCUT2D eigenvalue weighted by Gasteiger charge is 2.23. The number of carbonyl (C=O) groups excluding carboxylic acids is 1. The summed E-state index contributed by atoms with van der Waals surface area (Å²) in [5.74, 6) is -0.249. The van der Waals surface area contributed by atoms with Crippen molar-refractivity contribution in [2.45, 2.75) is 13.1 Å². The minimum absolute atomic E-state index is 0.249. The zero-order valence-electron chi connectivity index (χ0n) is 15.2. The predicted molar refractivity (Wildman–Crippen MR) is 115 cm³/mol. The van der Waals surface area contributed by atoms with Crippen LogP contribution < -0.4 is 5.56 Å². The standard InChI is InChI=1S/C19H21ClIN3O4/c20-16-4-2-1-3-14(16)12-24-6-5-15(17(25)18(24)26)11-22-7-9-23(10-8-22)19(27)28-13-21/h1-6,25H,7-13H2. The fourth-order valence-corrected chi connectivity index (χ4v) is 3.59. The number of pyridine rings is 1. The van der Waals surface area contributed by atoms with E-state index in [4.69, 9.17) is 16.3 Å². The first kappa shape index (κ1) is 20.9. The Kier molecular flexibility index (Phi) is 7.19. The van der Waals surface area contributed by atoms with Crippen LogP contribution in [0.1, 0.15) is 11.1 Å². The van der Waals surface area contributed by atoms with Crippen molar-refractivity contribution < 1.29 is 14.6 Å². The van der Waals surface area contributed by atoms with Gasteiger partial charge in [0.05, 0.1) is 6.54 Å². The molecule has 1 saturated heterocycles. The van der Waals surface area contributed by atoms with Gasteiger partial charge in [-0.15, -0.1) is 0 Å². The third-order valence-electron chi connectivity index (χ3n) is 4.72. The highest BCUT2D eigenvalue weighted by atomic mass is 127. The second-order valence-corrected chi connectivity index (χ2v) is 7.53. The van der Waals surface area contributed by atoms with Crippen molar-refractivity contribution >= 4 is 40.3 Å². The maximum atomic E-state index is 12.5. The molecule has 1 aliphatic heterocycles. The van der Waals surface area contributed by atoms with Crippen molar-refractivity contribution in [1.29, 1.82) is 0 Å². The van der Waals surface area contributed by atoms with Gasteiger partial charge in [-0.05, 0) is 40.3 Å². The topological polar surface area (TPSA) is 75.0 Å². The molecule has 0 aliphatic carbocycles. The van der Waals surface area contributed by atoms with Crippen LogP contribution in [0.4, 0.5) is 4.79 Å². The van der Waals surface area contributed by atoms with Gasteiger partial charge in [-0.1, -0.05) is 29.8 Å². The number of rotatable bonds is 5. The Morgan fingerprint density at radius 3 is 2.50 bits per heavy atom. The maximum Gasteiger partial charge on any atom is 0.410 e. The Morgan fingerprint density at radius 1 is 1.11 bits per heavy atom. The van der Waals surface area contributed by atoms with E-state index in [9.17, 15) is 14.7 Å². The van der Waals surface area contributed by atoms with Crippen LogP contribution in [-0.2, 0) is 17.8 Å². The molecule has 0 spiro atoms. The lowest BCUT2D eigenvalue weighted by atomic mass is 10.2. The van der Waals surface area contributed by atoms with Gasteiger partial charge in [0.2, 0.25) is 0 Å². The van der Waals surface area contributed by atoms with Gasteiger partial charge in [0.25, 0.3) is 5.56 Å². The van der Waals surface area contributed by atoms with Crippen LogP contribution in [0.15, 0.2) is 41.3 Å². The van der Waals surface area contributed by atoms with E-state index in [1.165, 1.54) is 4.57 Å². The summed E-state index contributed by atoms with van der Waals surface area (Å²) in [6.07, 6.45) is 1.37. The Morgan fingerprint density at radius 2 is 1.82 bits per heavy atom. The van der Waals surface area contributed by atoms with Crippen LogP contribution in [-0.4, -0.2) is 56.4 Å². The average Bonchev–Trinajstić information content (AvgIpc) is 2.70. The van der Waals surface area contributed by atoms with E-state index < -0.39 is 5.56 Å². The monoisotopic (exact) mass is 517 g/mol. The molecule has 2 heterocycles. The molecule has 0 atom stereocenters. The molecule has 3 rings (SSSR count). The molecule has 0 saturated carbocycles. The summed E-state index contributed by atoms with van der Waals surface area (Å²) in [4.78, 5) is 28.1. The van der Waals surface area contributed by atoms with Gasteiger partial charge in [-0.3, -0.25) is 9.69 Å². The van der Waals surface area contributed by atoms with Crippen molar-refractivity contribution in [3.8, 4) is 5.75 Å². The molecule has 1 amide bonds. The molecule has 7 nitrogen and oxygen atoms in total. The minimum atomic E-state index is -0.443. The molecule has 0 bridgehead atoms. The molecule has 9 heteroatoms. The summed E-state index contributed by atoms with van der Waals surface area (Å²) < 4.78 is 6.77. The Labute approximate surface area is 181 Å². The van der Waals surface area contributed by atoms with E-state index >= 15 is 0 Å². The van der Waals surface area contributed by atoms with Crippen LogP contribution >= 0.6 is 34.2 Å². The number of carbonyl (C=O) groups is 1. The number of nitrogens with zero attached hydrogens (tertiary/aromatic N) is 3. The number of alkyl halides is 1. The third kappa shape index (κ3) is 4.98. The molecular weight excluding hydrogens is 497 g/mol. The molecule has 2 aromatic rings. The molecule has 1 aromatic carbocycles. The van der Waals surface area contributed by atoms with Crippen molar-refractivity contribution in [2.24, 2.45) is 0 Å². The highest BCUT2D eigenvalue weighted by Crippen LogP contribution is 2.18. The van der Waals surface area contributed by atoms with Crippen molar-refractivity contribution in [3.63, 3.8) is 0 Å².